The van der Waals surface area contributed by atoms with Gasteiger partial charge in [-0.25, -0.2) is 9.37 Å². The van der Waals surface area contributed by atoms with Crippen molar-refractivity contribution in [3.05, 3.63) is 23.6 Å². The van der Waals surface area contributed by atoms with Crippen LogP contribution in [0.1, 0.15) is 33.3 Å². The average molecular weight is 281 g/mol. The highest BCUT2D eigenvalue weighted by molar-refractivity contribution is 5.44. The van der Waals surface area contributed by atoms with Crippen LogP contribution in [0.2, 0.25) is 0 Å². The second kappa shape index (κ2) is 6.06. The molecule has 20 heavy (non-hydrogen) atoms. The molecule has 1 aliphatic heterocycles. The molecule has 0 amide bonds. The number of rotatable bonds is 4. The van der Waals surface area contributed by atoms with Gasteiger partial charge in [-0.15, -0.1) is 0 Å². The molecule has 2 heterocycles. The molecule has 112 valence electrons. The highest BCUT2D eigenvalue weighted by Gasteiger charge is 2.33. The molecule has 0 aliphatic carbocycles. The van der Waals surface area contributed by atoms with Crippen molar-refractivity contribution >= 4 is 5.82 Å². The van der Waals surface area contributed by atoms with Gasteiger partial charge in [0.2, 0.25) is 0 Å². The number of nitrogens with one attached hydrogen (secondary N) is 1. The van der Waals surface area contributed by atoms with Crippen molar-refractivity contribution < 1.29 is 9.13 Å². The molecule has 5 heteroatoms. The van der Waals surface area contributed by atoms with Gasteiger partial charge in [-0.1, -0.05) is 6.92 Å². The number of hydrogen-bond acceptors (Lipinski definition) is 4. The third-order valence-corrected chi connectivity index (χ3v) is 3.39. The Kier molecular flexibility index (Phi) is 4.60. The van der Waals surface area contributed by atoms with Crippen LogP contribution in [-0.2, 0) is 11.3 Å². The van der Waals surface area contributed by atoms with Gasteiger partial charge in [0.1, 0.15) is 0 Å². The molecular formula is C15H24FN3O. The standard InChI is InChI=1S/C15H24FN3O/c1-5-17-8-12-6-7-18-14(13(12)16)19-9-11(2)20-15(3,4)10-19/h6-7,11,17H,5,8-10H2,1-4H3. The van der Waals surface area contributed by atoms with E-state index < -0.39 is 0 Å². The lowest BCUT2D eigenvalue weighted by atomic mass is 10.1. The van der Waals surface area contributed by atoms with E-state index in [0.717, 1.165) is 6.54 Å². The van der Waals surface area contributed by atoms with Crippen LogP contribution in [0.4, 0.5) is 10.2 Å². The van der Waals surface area contributed by atoms with Crippen LogP contribution in [0.3, 0.4) is 0 Å². The zero-order valence-corrected chi connectivity index (χ0v) is 12.7. The average Bonchev–Trinajstić information content (AvgIpc) is 2.35. The Labute approximate surface area is 120 Å². The first-order chi connectivity index (χ1) is 9.43. The van der Waals surface area contributed by atoms with E-state index in [-0.39, 0.29) is 17.5 Å². The lowest BCUT2D eigenvalue weighted by Gasteiger charge is -2.42. The minimum absolute atomic E-state index is 0.0670. The van der Waals surface area contributed by atoms with Crippen LogP contribution in [0.15, 0.2) is 12.3 Å². The minimum atomic E-state index is -0.288. The lowest BCUT2D eigenvalue weighted by molar-refractivity contribution is -0.0753. The summed E-state index contributed by atoms with van der Waals surface area (Å²) in [5.74, 6) is 0.210. The molecule has 0 radical (unpaired) electrons. The fourth-order valence-electron chi connectivity index (χ4n) is 2.70. The maximum absolute atomic E-state index is 14.6. The predicted octanol–water partition coefficient (Wildman–Crippen LogP) is 2.33. The summed E-state index contributed by atoms with van der Waals surface area (Å²) in [5, 5.41) is 3.15. The summed E-state index contributed by atoms with van der Waals surface area (Å²) in [6.07, 6.45) is 1.75. The van der Waals surface area contributed by atoms with Gasteiger partial charge in [0.05, 0.1) is 11.7 Å². The molecule has 0 aromatic carbocycles. The molecule has 1 N–H and O–H groups in total. The number of aromatic nitrogens is 1. The van der Waals surface area contributed by atoms with Crippen LogP contribution in [-0.4, -0.2) is 36.3 Å². The molecule has 0 spiro atoms. The van der Waals surface area contributed by atoms with Crippen molar-refractivity contribution in [2.75, 3.05) is 24.5 Å². The smallest absolute Gasteiger partial charge is 0.170 e. The normalized spacial score (nSPS) is 22.1. The highest BCUT2D eigenvalue weighted by Crippen LogP contribution is 2.27. The number of morpholine rings is 1. The molecular weight excluding hydrogens is 257 g/mol. The number of hydrogen-bond donors (Lipinski definition) is 1. The minimum Gasteiger partial charge on any atom is -0.369 e. The molecule has 0 saturated carbocycles. The molecule has 1 unspecified atom stereocenters. The topological polar surface area (TPSA) is 37.4 Å². The molecule has 1 aliphatic rings. The fourth-order valence-corrected chi connectivity index (χ4v) is 2.70. The van der Waals surface area contributed by atoms with Crippen molar-refractivity contribution in [3.8, 4) is 0 Å². The summed E-state index contributed by atoms with van der Waals surface area (Å²) < 4.78 is 20.4. The summed E-state index contributed by atoms with van der Waals surface area (Å²) in [7, 11) is 0. The Hall–Kier alpha value is -1.20. The second-order valence-electron chi connectivity index (χ2n) is 5.96. The van der Waals surface area contributed by atoms with Crippen molar-refractivity contribution in [1.82, 2.24) is 10.3 Å². The largest absolute Gasteiger partial charge is 0.369 e. The molecule has 2 rings (SSSR count). The Morgan fingerprint density at radius 2 is 2.30 bits per heavy atom. The van der Waals surface area contributed by atoms with Crippen molar-refractivity contribution in [2.45, 2.75) is 45.9 Å². The summed E-state index contributed by atoms with van der Waals surface area (Å²) in [5.41, 5.74) is 0.373. The number of anilines is 1. The van der Waals surface area contributed by atoms with E-state index in [4.69, 9.17) is 4.74 Å². The molecule has 1 saturated heterocycles. The summed E-state index contributed by atoms with van der Waals surface area (Å²) in [6, 6.07) is 1.73. The third-order valence-electron chi connectivity index (χ3n) is 3.39. The van der Waals surface area contributed by atoms with Crippen molar-refractivity contribution in [1.29, 1.82) is 0 Å². The van der Waals surface area contributed by atoms with E-state index in [1.54, 1.807) is 12.3 Å². The van der Waals surface area contributed by atoms with Gasteiger partial charge in [0.25, 0.3) is 0 Å². The van der Waals surface area contributed by atoms with Crippen molar-refractivity contribution in [3.63, 3.8) is 0 Å². The van der Waals surface area contributed by atoms with E-state index in [1.807, 2.05) is 32.6 Å². The van der Waals surface area contributed by atoms with Crippen LogP contribution < -0.4 is 10.2 Å². The number of ether oxygens (including phenoxy) is 1. The van der Waals surface area contributed by atoms with E-state index in [9.17, 15) is 4.39 Å². The zero-order chi connectivity index (χ0) is 14.8. The number of nitrogens with zero attached hydrogens (tertiary/aromatic N) is 2. The van der Waals surface area contributed by atoms with E-state index >= 15 is 0 Å². The SMILES string of the molecule is CCNCc1ccnc(N2CC(C)OC(C)(C)C2)c1F. The van der Waals surface area contributed by atoms with Gasteiger partial charge < -0.3 is 15.0 Å². The number of halogens is 1. The highest BCUT2D eigenvalue weighted by atomic mass is 19.1. The number of pyridine rings is 1. The molecule has 1 fully saturated rings. The van der Waals surface area contributed by atoms with Crippen LogP contribution in [0, 0.1) is 5.82 Å². The summed E-state index contributed by atoms with van der Waals surface area (Å²) >= 11 is 0. The first-order valence-corrected chi connectivity index (χ1v) is 7.20. The van der Waals surface area contributed by atoms with Crippen LogP contribution in [0.5, 0.6) is 0 Å². The molecule has 4 nitrogen and oxygen atoms in total. The van der Waals surface area contributed by atoms with Crippen LogP contribution in [0.25, 0.3) is 0 Å². The van der Waals surface area contributed by atoms with E-state index in [2.05, 4.69) is 10.3 Å². The van der Waals surface area contributed by atoms with E-state index in [0.29, 0.717) is 31.0 Å². The van der Waals surface area contributed by atoms with Gasteiger partial charge in [0.15, 0.2) is 11.6 Å². The monoisotopic (exact) mass is 281 g/mol. The van der Waals surface area contributed by atoms with Gasteiger partial charge in [0, 0.05) is 31.4 Å². The molecule has 1 atom stereocenters. The Morgan fingerprint density at radius 3 is 2.95 bits per heavy atom. The van der Waals surface area contributed by atoms with Gasteiger partial charge in [-0.2, -0.15) is 0 Å². The van der Waals surface area contributed by atoms with E-state index in [1.165, 1.54) is 0 Å². The maximum atomic E-state index is 14.6. The first-order valence-electron chi connectivity index (χ1n) is 7.20. The van der Waals surface area contributed by atoms with Crippen molar-refractivity contribution in [2.24, 2.45) is 0 Å². The molecule has 1 aromatic heterocycles. The first kappa shape index (κ1) is 15.2. The van der Waals surface area contributed by atoms with Gasteiger partial charge in [-0.3, -0.25) is 0 Å². The zero-order valence-electron chi connectivity index (χ0n) is 12.7. The summed E-state index contributed by atoms with van der Waals surface area (Å²) in [6.45, 7) is 10.7. The summed E-state index contributed by atoms with van der Waals surface area (Å²) in [4.78, 5) is 6.22. The van der Waals surface area contributed by atoms with Crippen LogP contribution >= 0.6 is 0 Å². The van der Waals surface area contributed by atoms with Gasteiger partial charge >= 0.3 is 0 Å². The predicted molar refractivity (Wildman–Crippen MR) is 78.4 cm³/mol. The third kappa shape index (κ3) is 3.46. The lowest BCUT2D eigenvalue weighted by Crippen LogP contribution is -2.52. The Morgan fingerprint density at radius 1 is 1.55 bits per heavy atom. The fraction of sp³-hybridized carbons (Fsp3) is 0.667. The second-order valence-corrected chi connectivity index (χ2v) is 5.96. The quantitative estimate of drug-likeness (QED) is 0.919. The Bertz CT molecular complexity index is 464. The molecule has 1 aromatic rings. The molecule has 0 bridgehead atoms. The maximum Gasteiger partial charge on any atom is 0.170 e. The van der Waals surface area contributed by atoms with Gasteiger partial charge in [-0.05, 0) is 33.4 Å². The Balaban J connectivity index is 2.23.